The van der Waals surface area contributed by atoms with Crippen LogP contribution in [-0.4, -0.2) is 33.9 Å². The summed E-state index contributed by atoms with van der Waals surface area (Å²) in [5.41, 5.74) is 6.24. The number of nitrogens with two attached hydrogens (primary N) is 1. The van der Waals surface area contributed by atoms with Crippen LogP contribution in [0.5, 0.6) is 0 Å². The number of nitrogens with zero attached hydrogens (tertiary/aromatic N) is 2. The highest BCUT2D eigenvalue weighted by atomic mass is 32.2. The number of β-lactam (4-membered cyclic amide) rings is 1. The van der Waals surface area contributed by atoms with Gasteiger partial charge in [-0.15, -0.1) is 15.7 Å². The summed E-state index contributed by atoms with van der Waals surface area (Å²) < 4.78 is 1.91. The molecule has 0 bridgehead atoms. The average molecular weight is 349 g/mol. The first-order chi connectivity index (χ1) is 11.0. The molecule has 2 aliphatic heterocycles. The van der Waals surface area contributed by atoms with Crippen LogP contribution < -0.4 is 14.8 Å². The Morgan fingerprint density at radius 3 is 2.83 bits per heavy atom. The Balaban J connectivity index is 1.88. The van der Waals surface area contributed by atoms with Gasteiger partial charge in [-0.3, -0.25) is 9.69 Å². The summed E-state index contributed by atoms with van der Waals surface area (Å²) in [5, 5.41) is 11.2. The molecule has 0 saturated carbocycles. The molecule has 1 amide bonds. The van der Waals surface area contributed by atoms with Gasteiger partial charge in [0.1, 0.15) is 11.4 Å². The van der Waals surface area contributed by atoms with Gasteiger partial charge in [-0.05, 0) is 18.6 Å². The van der Waals surface area contributed by atoms with Crippen LogP contribution in [0.1, 0.15) is 6.92 Å². The second-order valence-electron chi connectivity index (χ2n) is 5.18. The minimum Gasteiger partial charge on any atom is -0.543 e. The maximum atomic E-state index is 11.9. The molecule has 1 unspecified atom stereocenters. The molecule has 0 aromatic carbocycles. The Labute approximate surface area is 142 Å². The van der Waals surface area contributed by atoms with Gasteiger partial charge in [0.05, 0.1) is 16.6 Å². The summed E-state index contributed by atoms with van der Waals surface area (Å²) in [6, 6.07) is 5.11. The molecule has 1 saturated heterocycles. The molecule has 1 fully saturated rings. The summed E-state index contributed by atoms with van der Waals surface area (Å²) in [6.07, 6.45) is 5.59. The number of carboxylic acids is 1. The Hall–Kier alpha value is -1.77. The predicted molar refractivity (Wildman–Crippen MR) is 86.5 cm³/mol. The Morgan fingerprint density at radius 2 is 2.17 bits per heavy atom. The standard InChI is InChI=1S/C15H15N3O3S2/c1-9(23-17-5-3-2-4-6-17)7-10-8-22-14-11(16)13(19)18(14)12(10)15(20)21/h2-7,11,14H,8,16H2,1H3/t11?,14-/m0/s1. The van der Waals surface area contributed by atoms with E-state index in [1.54, 1.807) is 6.08 Å². The molecule has 8 heteroatoms. The zero-order chi connectivity index (χ0) is 16.6. The number of carboxylic acid groups (broad SMARTS) is 1. The topological polar surface area (TPSA) is 90.3 Å². The van der Waals surface area contributed by atoms with Gasteiger partial charge in [0.15, 0.2) is 24.3 Å². The third-order valence-corrected chi connectivity index (χ3v) is 5.73. The van der Waals surface area contributed by atoms with E-state index in [-0.39, 0.29) is 17.0 Å². The zero-order valence-corrected chi connectivity index (χ0v) is 14.0. The predicted octanol–water partition coefficient (Wildman–Crippen LogP) is -0.379. The van der Waals surface area contributed by atoms with Crippen LogP contribution in [0.15, 0.2) is 52.8 Å². The fraction of sp³-hybridized carbons (Fsp3) is 0.267. The van der Waals surface area contributed by atoms with Crippen molar-refractivity contribution >= 4 is 35.6 Å². The third kappa shape index (κ3) is 3.01. The van der Waals surface area contributed by atoms with E-state index in [0.29, 0.717) is 11.3 Å². The Bertz CT molecular complexity index is 718. The lowest BCUT2D eigenvalue weighted by atomic mass is 10.0. The molecule has 120 valence electrons. The molecule has 23 heavy (non-hydrogen) atoms. The van der Waals surface area contributed by atoms with Crippen LogP contribution in [-0.2, 0) is 9.59 Å². The van der Waals surface area contributed by atoms with E-state index < -0.39 is 12.0 Å². The normalized spacial score (nSPS) is 24.3. The van der Waals surface area contributed by atoms with E-state index in [2.05, 4.69) is 0 Å². The maximum Gasteiger partial charge on any atom is 0.248 e. The van der Waals surface area contributed by atoms with Gasteiger partial charge >= 0.3 is 0 Å². The van der Waals surface area contributed by atoms with E-state index in [9.17, 15) is 14.7 Å². The first kappa shape index (κ1) is 16.1. The van der Waals surface area contributed by atoms with Crippen LogP contribution in [0, 0.1) is 0 Å². The zero-order valence-electron chi connectivity index (χ0n) is 12.3. The number of aliphatic carboxylic acids is 1. The lowest BCUT2D eigenvalue weighted by Gasteiger charge is -2.49. The smallest absolute Gasteiger partial charge is 0.248 e. The van der Waals surface area contributed by atoms with Crippen LogP contribution in [0.4, 0.5) is 0 Å². The number of allylic oxidation sites excluding steroid dienone is 2. The minimum absolute atomic E-state index is 0.0570. The molecule has 2 aliphatic rings. The molecule has 3 rings (SSSR count). The number of hydrogen-bond acceptors (Lipinski definition) is 6. The van der Waals surface area contributed by atoms with E-state index in [1.807, 2.05) is 41.5 Å². The van der Waals surface area contributed by atoms with E-state index in [1.165, 1.54) is 28.6 Å². The van der Waals surface area contributed by atoms with Gasteiger partial charge in [-0.2, -0.15) is 0 Å². The summed E-state index contributed by atoms with van der Waals surface area (Å²) in [4.78, 5) is 25.5. The molecular formula is C15H15N3O3S2. The van der Waals surface area contributed by atoms with Crippen molar-refractivity contribution in [1.82, 2.24) is 4.90 Å². The minimum atomic E-state index is -1.34. The number of hydrogen-bond donors (Lipinski definition) is 1. The lowest BCUT2D eigenvalue weighted by molar-refractivity contribution is -0.493. The molecule has 2 atom stereocenters. The quantitative estimate of drug-likeness (QED) is 0.589. The molecule has 1 aromatic heterocycles. The van der Waals surface area contributed by atoms with E-state index >= 15 is 0 Å². The molecule has 3 heterocycles. The fourth-order valence-electron chi connectivity index (χ4n) is 2.52. The molecular weight excluding hydrogens is 334 g/mol. The number of thioether (sulfide) groups is 1. The highest BCUT2D eigenvalue weighted by Crippen LogP contribution is 2.39. The van der Waals surface area contributed by atoms with Crippen LogP contribution in [0.25, 0.3) is 0 Å². The summed E-state index contributed by atoms with van der Waals surface area (Å²) >= 11 is 2.94. The molecule has 6 nitrogen and oxygen atoms in total. The van der Waals surface area contributed by atoms with Crippen LogP contribution >= 0.6 is 23.7 Å². The SMILES string of the molecule is CC(=CC1=C(C(=O)[O-])N2C(=O)C(N)[C@@H]2SC1)S[n+]1ccccc1. The second kappa shape index (κ2) is 6.38. The molecule has 0 spiro atoms. The van der Waals surface area contributed by atoms with Crippen molar-refractivity contribution in [3.8, 4) is 0 Å². The average Bonchev–Trinajstić information content (AvgIpc) is 2.54. The van der Waals surface area contributed by atoms with Gasteiger partial charge in [-0.25, -0.2) is 0 Å². The van der Waals surface area contributed by atoms with Crippen LogP contribution in [0.2, 0.25) is 0 Å². The maximum absolute atomic E-state index is 11.9. The molecule has 0 aliphatic carbocycles. The van der Waals surface area contributed by atoms with Crippen molar-refractivity contribution in [2.75, 3.05) is 5.75 Å². The van der Waals surface area contributed by atoms with Crippen molar-refractivity contribution < 1.29 is 18.7 Å². The van der Waals surface area contributed by atoms with Gasteiger partial charge in [0.2, 0.25) is 5.91 Å². The Morgan fingerprint density at radius 1 is 1.48 bits per heavy atom. The van der Waals surface area contributed by atoms with Gasteiger partial charge in [0.25, 0.3) is 0 Å². The number of fused-ring (bicyclic) bond motifs is 1. The van der Waals surface area contributed by atoms with Crippen LogP contribution in [0.3, 0.4) is 0 Å². The molecule has 2 N–H and O–H groups in total. The fourth-order valence-corrected chi connectivity index (χ4v) is 4.56. The third-order valence-electron chi connectivity index (χ3n) is 3.55. The molecule has 0 radical (unpaired) electrons. The Kier molecular flexibility index (Phi) is 4.47. The second-order valence-corrected chi connectivity index (χ2v) is 7.53. The van der Waals surface area contributed by atoms with Crippen molar-refractivity contribution in [3.05, 3.63) is 52.8 Å². The molecule has 1 aromatic rings. The monoisotopic (exact) mass is 349 g/mol. The number of carbonyl (C=O) groups is 2. The number of aromatic nitrogens is 1. The summed E-state index contributed by atoms with van der Waals surface area (Å²) in [7, 11) is 0. The number of rotatable bonds is 4. The summed E-state index contributed by atoms with van der Waals surface area (Å²) in [5.74, 6) is -1.22. The highest BCUT2D eigenvalue weighted by molar-refractivity contribution is 8.00. The number of amides is 1. The summed E-state index contributed by atoms with van der Waals surface area (Å²) in [6.45, 7) is 1.89. The van der Waals surface area contributed by atoms with Crippen molar-refractivity contribution in [2.24, 2.45) is 5.73 Å². The van der Waals surface area contributed by atoms with Crippen molar-refractivity contribution in [2.45, 2.75) is 18.3 Å². The largest absolute Gasteiger partial charge is 0.543 e. The first-order valence-corrected chi connectivity index (χ1v) is 8.79. The highest BCUT2D eigenvalue weighted by Gasteiger charge is 2.49. The van der Waals surface area contributed by atoms with Crippen molar-refractivity contribution in [1.29, 1.82) is 0 Å². The van der Waals surface area contributed by atoms with Crippen molar-refractivity contribution in [3.63, 3.8) is 0 Å². The van der Waals surface area contributed by atoms with E-state index in [4.69, 9.17) is 5.73 Å². The lowest BCUT2D eigenvalue weighted by Crippen LogP contribution is -2.69. The van der Waals surface area contributed by atoms with Gasteiger partial charge < -0.3 is 15.6 Å². The van der Waals surface area contributed by atoms with E-state index in [0.717, 1.165) is 4.91 Å². The number of carbonyl (C=O) groups excluding carboxylic acids is 2. The first-order valence-electron chi connectivity index (χ1n) is 6.96. The van der Waals surface area contributed by atoms with Gasteiger partial charge in [-0.1, -0.05) is 6.07 Å². The van der Waals surface area contributed by atoms with Gasteiger partial charge in [0, 0.05) is 17.9 Å². The number of pyridine rings is 1.